The van der Waals surface area contributed by atoms with Crippen LogP contribution >= 0.6 is 0 Å². The second-order valence-corrected chi connectivity index (χ2v) is 6.06. The van der Waals surface area contributed by atoms with Crippen molar-refractivity contribution in [2.75, 3.05) is 20.1 Å². The second-order valence-electron chi connectivity index (χ2n) is 6.06. The van der Waals surface area contributed by atoms with Gasteiger partial charge in [0.2, 0.25) is 0 Å². The van der Waals surface area contributed by atoms with Gasteiger partial charge in [-0.05, 0) is 46.0 Å². The van der Waals surface area contributed by atoms with Gasteiger partial charge in [-0.25, -0.2) is 0 Å². The second kappa shape index (κ2) is 7.66. The lowest BCUT2D eigenvalue weighted by Crippen LogP contribution is -2.26. The van der Waals surface area contributed by atoms with Crippen molar-refractivity contribution >= 4 is 5.78 Å². The van der Waals surface area contributed by atoms with Crippen LogP contribution in [0.4, 0.5) is 0 Å². The molecule has 0 aliphatic rings. The van der Waals surface area contributed by atoms with E-state index in [1.807, 2.05) is 24.1 Å². The predicted molar refractivity (Wildman–Crippen MR) is 86.3 cm³/mol. The zero-order chi connectivity index (χ0) is 15.9. The Bertz CT molecular complexity index is 571. The van der Waals surface area contributed by atoms with Crippen molar-refractivity contribution in [2.24, 2.45) is 5.41 Å². The van der Waals surface area contributed by atoms with Gasteiger partial charge < -0.3 is 5.11 Å². The van der Waals surface area contributed by atoms with Gasteiger partial charge in [-0.15, -0.1) is 0 Å². The SMILES string of the molecule is CN(CC=CC#CC(C)(C)C)CC(=O)c1ccccc1O. The molecule has 0 bridgehead atoms. The summed E-state index contributed by atoms with van der Waals surface area (Å²) in [6.07, 6.45) is 3.74. The highest BCUT2D eigenvalue weighted by atomic mass is 16.3. The topological polar surface area (TPSA) is 40.5 Å². The molecule has 0 unspecified atom stereocenters. The Labute approximate surface area is 127 Å². The van der Waals surface area contributed by atoms with Gasteiger partial charge >= 0.3 is 0 Å². The minimum Gasteiger partial charge on any atom is -0.507 e. The number of rotatable bonds is 5. The third kappa shape index (κ3) is 6.78. The monoisotopic (exact) mass is 285 g/mol. The minimum atomic E-state index is -0.0928. The summed E-state index contributed by atoms with van der Waals surface area (Å²) in [4.78, 5) is 13.9. The zero-order valence-electron chi connectivity index (χ0n) is 13.2. The number of nitrogens with zero attached hydrogens (tertiary/aromatic N) is 1. The van der Waals surface area contributed by atoms with E-state index in [1.165, 1.54) is 6.07 Å². The fourth-order valence-corrected chi connectivity index (χ4v) is 1.65. The first-order valence-electron chi connectivity index (χ1n) is 6.97. The first-order valence-corrected chi connectivity index (χ1v) is 6.97. The molecule has 1 aromatic carbocycles. The van der Waals surface area contributed by atoms with Gasteiger partial charge in [-0.1, -0.05) is 30.0 Å². The third-order valence-electron chi connectivity index (χ3n) is 2.68. The molecule has 0 aromatic heterocycles. The van der Waals surface area contributed by atoms with Gasteiger partial charge in [0.25, 0.3) is 0 Å². The largest absolute Gasteiger partial charge is 0.507 e. The van der Waals surface area contributed by atoms with E-state index in [2.05, 4.69) is 32.6 Å². The summed E-state index contributed by atoms with van der Waals surface area (Å²) < 4.78 is 0. The van der Waals surface area contributed by atoms with Crippen LogP contribution in [0, 0.1) is 17.3 Å². The van der Waals surface area contributed by atoms with E-state index in [0.29, 0.717) is 12.1 Å². The Morgan fingerprint density at radius 1 is 1.33 bits per heavy atom. The van der Waals surface area contributed by atoms with Crippen molar-refractivity contribution in [2.45, 2.75) is 20.8 Å². The van der Waals surface area contributed by atoms with E-state index in [0.717, 1.165) is 0 Å². The van der Waals surface area contributed by atoms with Crippen LogP contribution in [-0.2, 0) is 0 Å². The standard InChI is InChI=1S/C18H23NO2/c1-18(2,3)12-8-5-9-13-19(4)14-17(21)15-10-6-7-11-16(15)20/h5-7,9-11,20H,13-14H2,1-4H3. The number of Topliss-reactive ketones (excluding diaryl/α,β-unsaturated/α-hetero) is 1. The smallest absolute Gasteiger partial charge is 0.180 e. The van der Waals surface area contributed by atoms with Crippen molar-refractivity contribution in [1.29, 1.82) is 0 Å². The summed E-state index contributed by atoms with van der Waals surface area (Å²) in [5.74, 6) is 6.04. The van der Waals surface area contributed by atoms with Gasteiger partial charge in [0.1, 0.15) is 5.75 Å². The molecule has 0 aliphatic heterocycles. The predicted octanol–water partition coefficient (Wildman–Crippen LogP) is 3.11. The fraction of sp³-hybridized carbons (Fsp3) is 0.389. The van der Waals surface area contributed by atoms with Crippen LogP contribution in [0.15, 0.2) is 36.4 Å². The van der Waals surface area contributed by atoms with Crippen molar-refractivity contribution < 1.29 is 9.90 Å². The quantitative estimate of drug-likeness (QED) is 0.667. The molecule has 0 aliphatic carbocycles. The average molecular weight is 285 g/mol. The summed E-state index contributed by atoms with van der Waals surface area (Å²) >= 11 is 0. The van der Waals surface area contributed by atoms with Crippen LogP contribution in [-0.4, -0.2) is 35.9 Å². The number of para-hydroxylation sites is 1. The normalized spacial score (nSPS) is 11.5. The van der Waals surface area contributed by atoms with Crippen LogP contribution in [0.2, 0.25) is 0 Å². The molecular formula is C18H23NO2. The maximum absolute atomic E-state index is 12.0. The van der Waals surface area contributed by atoms with Crippen LogP contribution < -0.4 is 0 Å². The summed E-state index contributed by atoms with van der Waals surface area (Å²) in [6, 6.07) is 6.60. The zero-order valence-corrected chi connectivity index (χ0v) is 13.2. The number of carbonyl (C=O) groups is 1. The molecule has 3 nitrogen and oxygen atoms in total. The highest BCUT2D eigenvalue weighted by Gasteiger charge is 2.11. The van der Waals surface area contributed by atoms with Crippen molar-refractivity contribution in [3.63, 3.8) is 0 Å². The van der Waals surface area contributed by atoms with Crippen LogP contribution in [0.25, 0.3) is 0 Å². The van der Waals surface area contributed by atoms with Gasteiger partial charge in [-0.2, -0.15) is 0 Å². The molecule has 0 heterocycles. The Kier molecular flexibility index (Phi) is 6.20. The highest BCUT2D eigenvalue weighted by molar-refractivity contribution is 5.99. The van der Waals surface area contributed by atoms with Gasteiger partial charge in [0.15, 0.2) is 5.78 Å². The van der Waals surface area contributed by atoms with Crippen LogP contribution in [0.5, 0.6) is 5.75 Å². The molecule has 0 saturated carbocycles. The Hall–Kier alpha value is -2.05. The molecule has 0 saturated heterocycles. The number of ketones is 1. The van der Waals surface area contributed by atoms with E-state index < -0.39 is 0 Å². The number of hydrogen-bond acceptors (Lipinski definition) is 3. The number of hydrogen-bond donors (Lipinski definition) is 1. The van der Waals surface area contributed by atoms with Crippen molar-refractivity contribution in [3.05, 3.63) is 42.0 Å². The molecular weight excluding hydrogens is 262 g/mol. The number of likely N-dealkylation sites (N-methyl/N-ethyl adjacent to an activating group) is 1. The highest BCUT2D eigenvalue weighted by Crippen LogP contribution is 2.16. The molecule has 0 atom stereocenters. The molecule has 0 spiro atoms. The lowest BCUT2D eigenvalue weighted by Gasteiger charge is -2.13. The number of allylic oxidation sites excluding steroid dienone is 1. The van der Waals surface area contributed by atoms with E-state index >= 15 is 0 Å². The molecule has 1 aromatic rings. The van der Waals surface area contributed by atoms with E-state index in [4.69, 9.17) is 0 Å². The summed E-state index contributed by atoms with van der Waals surface area (Å²) in [5, 5.41) is 9.64. The molecule has 0 radical (unpaired) electrons. The van der Waals surface area contributed by atoms with Gasteiger partial charge in [0.05, 0.1) is 12.1 Å². The summed E-state index contributed by atoms with van der Waals surface area (Å²) in [5.41, 5.74) is 0.359. The molecule has 0 fully saturated rings. The van der Waals surface area contributed by atoms with Crippen molar-refractivity contribution in [1.82, 2.24) is 4.90 Å². The summed E-state index contributed by atoms with van der Waals surface area (Å²) in [6.45, 7) is 7.08. The van der Waals surface area contributed by atoms with Crippen molar-refractivity contribution in [3.8, 4) is 17.6 Å². The maximum Gasteiger partial charge on any atom is 0.180 e. The molecule has 1 N–H and O–H groups in total. The lowest BCUT2D eigenvalue weighted by molar-refractivity contribution is 0.0949. The number of carbonyl (C=O) groups excluding carboxylic acids is 1. The lowest BCUT2D eigenvalue weighted by atomic mass is 9.98. The first-order chi connectivity index (χ1) is 9.79. The van der Waals surface area contributed by atoms with Gasteiger partial charge in [-0.3, -0.25) is 9.69 Å². The molecule has 1 rings (SSSR count). The number of phenols is 1. The van der Waals surface area contributed by atoms with Gasteiger partial charge in [0, 0.05) is 12.0 Å². The average Bonchev–Trinajstić information content (AvgIpc) is 2.37. The van der Waals surface area contributed by atoms with E-state index in [-0.39, 0.29) is 23.5 Å². The Morgan fingerprint density at radius 2 is 2.00 bits per heavy atom. The molecule has 112 valence electrons. The number of aromatic hydroxyl groups is 1. The number of phenolic OH excluding ortho intramolecular Hbond substituents is 1. The minimum absolute atomic E-state index is 0.00293. The van der Waals surface area contributed by atoms with Crippen LogP contribution in [0.3, 0.4) is 0 Å². The fourth-order valence-electron chi connectivity index (χ4n) is 1.65. The first kappa shape index (κ1) is 17.0. The van der Waals surface area contributed by atoms with E-state index in [9.17, 15) is 9.90 Å². The third-order valence-corrected chi connectivity index (χ3v) is 2.68. The Morgan fingerprint density at radius 3 is 2.62 bits per heavy atom. The summed E-state index contributed by atoms with van der Waals surface area (Å²) in [7, 11) is 1.86. The molecule has 21 heavy (non-hydrogen) atoms. The molecule has 0 amide bonds. The number of benzene rings is 1. The van der Waals surface area contributed by atoms with E-state index in [1.54, 1.807) is 18.2 Å². The maximum atomic E-state index is 12.0. The Balaban J connectivity index is 2.49. The molecule has 3 heteroatoms. The van der Waals surface area contributed by atoms with Crippen LogP contribution in [0.1, 0.15) is 31.1 Å².